The van der Waals surface area contributed by atoms with Crippen molar-refractivity contribution in [1.82, 2.24) is 9.55 Å². The van der Waals surface area contributed by atoms with Crippen molar-refractivity contribution in [1.29, 1.82) is 0 Å². The molecule has 0 N–H and O–H groups in total. The van der Waals surface area contributed by atoms with Crippen molar-refractivity contribution in [2.45, 2.75) is 19.1 Å². The summed E-state index contributed by atoms with van der Waals surface area (Å²) in [6.45, 7) is -0.349. The van der Waals surface area contributed by atoms with E-state index in [1.54, 1.807) is 0 Å². The number of benzene rings is 2. The van der Waals surface area contributed by atoms with Gasteiger partial charge < -0.3 is 14.0 Å². The summed E-state index contributed by atoms with van der Waals surface area (Å²) in [5.41, 5.74) is -2.28. The van der Waals surface area contributed by atoms with Crippen molar-refractivity contribution in [3.63, 3.8) is 0 Å². The summed E-state index contributed by atoms with van der Waals surface area (Å²) in [7, 11) is 1.17. The maximum Gasteiger partial charge on any atom is 0.573 e. The first kappa shape index (κ1) is 23.5. The first-order valence-corrected chi connectivity index (χ1v) is 9.13. The Kier molecular flexibility index (Phi) is 6.40. The van der Waals surface area contributed by atoms with Gasteiger partial charge in [-0.2, -0.15) is 18.2 Å². The number of alkyl halides is 6. The van der Waals surface area contributed by atoms with Gasteiger partial charge in [-0.15, -0.1) is 13.2 Å². The zero-order valence-corrected chi connectivity index (χ0v) is 16.8. The minimum Gasteiger partial charge on any atom is -0.490 e. The molecule has 0 aliphatic heterocycles. The minimum atomic E-state index is -4.97. The fourth-order valence-corrected chi connectivity index (χ4v) is 3.23. The number of methoxy groups -OCH3 is 1. The predicted molar refractivity (Wildman–Crippen MR) is 103 cm³/mol. The van der Waals surface area contributed by atoms with Gasteiger partial charge in [-0.05, 0) is 18.2 Å². The van der Waals surface area contributed by atoms with E-state index in [4.69, 9.17) is 16.3 Å². The maximum absolute atomic E-state index is 13.3. The average Bonchev–Trinajstić information content (AvgIpc) is 2.68. The molecule has 0 saturated heterocycles. The molecule has 0 unspecified atom stereocenters. The number of aromatic nitrogens is 2. The van der Waals surface area contributed by atoms with Gasteiger partial charge in [0.2, 0.25) is 5.75 Å². The Balaban J connectivity index is 2.19. The maximum atomic E-state index is 13.3. The van der Waals surface area contributed by atoms with Crippen LogP contribution in [0.2, 0.25) is 5.02 Å². The predicted octanol–water partition coefficient (Wildman–Crippen LogP) is 5.54. The van der Waals surface area contributed by atoms with E-state index in [9.17, 15) is 31.1 Å². The molecule has 0 spiro atoms. The Morgan fingerprint density at radius 1 is 1.00 bits per heavy atom. The molecule has 32 heavy (non-hydrogen) atoms. The number of nitrogens with zero attached hydrogens (tertiary/aromatic N) is 2. The number of hydrogen-bond acceptors (Lipinski definition) is 4. The highest BCUT2D eigenvalue weighted by Crippen LogP contribution is 2.39. The third-order valence-corrected chi connectivity index (χ3v) is 4.67. The van der Waals surface area contributed by atoms with Gasteiger partial charge in [0.25, 0.3) is 0 Å². The van der Waals surface area contributed by atoms with Gasteiger partial charge >= 0.3 is 18.1 Å². The lowest BCUT2D eigenvalue weighted by atomic mass is 10.1. The topological polar surface area (TPSA) is 53.4 Å². The molecular weight excluding hydrogens is 466 g/mol. The molecule has 3 rings (SSSR count). The first-order chi connectivity index (χ1) is 14.9. The van der Waals surface area contributed by atoms with E-state index in [-0.39, 0.29) is 29.2 Å². The van der Waals surface area contributed by atoms with Crippen LogP contribution in [0.3, 0.4) is 0 Å². The Bertz CT molecular complexity index is 1190. The van der Waals surface area contributed by atoms with Crippen LogP contribution in [0.4, 0.5) is 26.3 Å². The summed E-state index contributed by atoms with van der Waals surface area (Å²) in [5.74, 6) is -1.10. The molecule has 0 saturated carbocycles. The lowest BCUT2D eigenvalue weighted by Gasteiger charge is -2.18. The van der Waals surface area contributed by atoms with Crippen molar-refractivity contribution in [3.05, 3.63) is 75.2 Å². The van der Waals surface area contributed by atoms with Crippen LogP contribution in [0.25, 0.3) is 11.4 Å². The normalized spacial score (nSPS) is 12.0. The van der Waals surface area contributed by atoms with E-state index in [2.05, 4.69) is 9.72 Å². The number of ether oxygens (including phenoxy) is 2. The molecule has 0 bridgehead atoms. The molecule has 2 aromatic carbocycles. The molecule has 170 valence electrons. The zero-order valence-electron chi connectivity index (χ0n) is 16.1. The van der Waals surface area contributed by atoms with Crippen molar-refractivity contribution < 1.29 is 35.8 Å². The van der Waals surface area contributed by atoms with Gasteiger partial charge in [-0.25, -0.2) is 0 Å². The fraction of sp³-hybridized carbons (Fsp3) is 0.200. The van der Waals surface area contributed by atoms with Crippen LogP contribution in [-0.4, -0.2) is 23.0 Å². The quantitative estimate of drug-likeness (QED) is 0.452. The highest BCUT2D eigenvalue weighted by atomic mass is 35.5. The van der Waals surface area contributed by atoms with Crippen LogP contribution in [0, 0.1) is 0 Å². The smallest absolute Gasteiger partial charge is 0.490 e. The number of halogens is 7. The lowest BCUT2D eigenvalue weighted by molar-refractivity contribution is -0.274. The molecule has 0 atom stereocenters. The van der Waals surface area contributed by atoms with E-state index in [0.29, 0.717) is 0 Å². The first-order valence-electron chi connectivity index (χ1n) is 8.76. The van der Waals surface area contributed by atoms with Gasteiger partial charge in [-0.1, -0.05) is 35.9 Å². The Hall–Kier alpha value is -3.21. The standard InChI is InChI=1S/C20H13ClF6N2O3/c1-31-15-10-29(9-11-5-2-3-8-14(11)32-20(25,26)27)17(28-18(15)30)12-6-4-7-13(16(12)21)19(22,23)24/h2-8,10H,9H2,1H3. The third-order valence-electron chi connectivity index (χ3n) is 4.27. The average molecular weight is 479 g/mol. The molecule has 0 aliphatic rings. The molecule has 0 radical (unpaired) electrons. The van der Waals surface area contributed by atoms with Crippen LogP contribution in [-0.2, 0) is 12.7 Å². The van der Waals surface area contributed by atoms with Crippen molar-refractivity contribution in [2.75, 3.05) is 7.11 Å². The molecule has 5 nitrogen and oxygen atoms in total. The minimum absolute atomic E-state index is 0.0154. The van der Waals surface area contributed by atoms with Gasteiger partial charge in [0.1, 0.15) is 11.6 Å². The second-order valence-electron chi connectivity index (χ2n) is 6.39. The van der Waals surface area contributed by atoms with Gasteiger partial charge in [-0.3, -0.25) is 4.79 Å². The summed E-state index contributed by atoms with van der Waals surface area (Å²) in [5, 5.41) is -0.717. The highest BCUT2D eigenvalue weighted by Gasteiger charge is 2.35. The molecular formula is C20H13ClF6N2O3. The van der Waals surface area contributed by atoms with Gasteiger partial charge in [0.15, 0.2) is 0 Å². The van der Waals surface area contributed by atoms with E-state index in [0.717, 1.165) is 29.0 Å². The van der Waals surface area contributed by atoms with E-state index >= 15 is 0 Å². The van der Waals surface area contributed by atoms with Gasteiger partial charge in [0, 0.05) is 11.1 Å². The van der Waals surface area contributed by atoms with Crippen LogP contribution in [0.1, 0.15) is 11.1 Å². The van der Waals surface area contributed by atoms with E-state index in [1.807, 2.05) is 0 Å². The SMILES string of the molecule is COc1cn(Cc2ccccc2OC(F)(F)F)c(-c2cccc(C(F)(F)F)c2Cl)nc1=O. The van der Waals surface area contributed by atoms with Crippen LogP contribution in [0.15, 0.2) is 53.5 Å². The molecule has 3 aromatic rings. The molecule has 0 amide bonds. The van der Waals surface area contributed by atoms with Crippen molar-refractivity contribution in [2.24, 2.45) is 0 Å². The largest absolute Gasteiger partial charge is 0.573 e. The van der Waals surface area contributed by atoms with Crippen LogP contribution >= 0.6 is 11.6 Å². The van der Waals surface area contributed by atoms with Crippen LogP contribution < -0.4 is 15.0 Å². The second kappa shape index (κ2) is 8.73. The molecule has 0 aliphatic carbocycles. The molecule has 12 heteroatoms. The monoisotopic (exact) mass is 478 g/mol. The molecule has 1 heterocycles. The molecule has 0 fully saturated rings. The van der Waals surface area contributed by atoms with Crippen molar-refractivity contribution >= 4 is 11.6 Å². The number of rotatable bonds is 5. The van der Waals surface area contributed by atoms with Gasteiger partial charge in [0.05, 0.1) is 30.4 Å². The summed E-state index contributed by atoms with van der Waals surface area (Å²) < 4.78 is 88.2. The Morgan fingerprint density at radius 2 is 1.69 bits per heavy atom. The Morgan fingerprint density at radius 3 is 2.31 bits per heavy atom. The number of hydrogen-bond donors (Lipinski definition) is 0. The van der Waals surface area contributed by atoms with Crippen molar-refractivity contribution in [3.8, 4) is 22.9 Å². The summed E-state index contributed by atoms with van der Waals surface area (Å²) in [6.07, 6.45) is -8.63. The lowest BCUT2D eigenvalue weighted by Crippen LogP contribution is -2.20. The Labute approximate surface area is 181 Å². The fourth-order valence-electron chi connectivity index (χ4n) is 2.91. The second-order valence-corrected chi connectivity index (χ2v) is 6.76. The van der Waals surface area contributed by atoms with Crippen LogP contribution in [0.5, 0.6) is 11.5 Å². The summed E-state index contributed by atoms with van der Waals surface area (Å²) in [4.78, 5) is 16.0. The third kappa shape index (κ3) is 5.16. The summed E-state index contributed by atoms with van der Waals surface area (Å²) >= 11 is 5.97. The summed E-state index contributed by atoms with van der Waals surface area (Å²) in [6, 6.07) is 8.20. The molecule has 1 aromatic heterocycles. The number of para-hydroxylation sites is 1. The van der Waals surface area contributed by atoms with E-state index < -0.39 is 34.4 Å². The highest BCUT2D eigenvalue weighted by molar-refractivity contribution is 6.34. The van der Waals surface area contributed by atoms with E-state index in [1.165, 1.54) is 31.4 Å². The zero-order chi connectivity index (χ0) is 23.7.